The molecule has 3 aromatic carbocycles. The second-order valence-corrected chi connectivity index (χ2v) is 11.0. The van der Waals surface area contributed by atoms with Crippen molar-refractivity contribution in [1.82, 2.24) is 0 Å². The number of benzene rings is 3. The number of rotatable bonds is 10. The van der Waals surface area contributed by atoms with E-state index in [4.69, 9.17) is 0 Å². The summed E-state index contributed by atoms with van der Waals surface area (Å²) in [5.41, 5.74) is 4.69. The van der Waals surface area contributed by atoms with Crippen molar-refractivity contribution in [2.45, 2.75) is 37.3 Å². The fourth-order valence-electron chi connectivity index (χ4n) is 3.34. The largest absolute Gasteiger partial charge is 0.326 e. The minimum Gasteiger partial charge on any atom is -0.326 e. The molecule has 0 saturated heterocycles. The van der Waals surface area contributed by atoms with Crippen LogP contribution in [0.2, 0.25) is 0 Å². The first-order valence-corrected chi connectivity index (χ1v) is 13.7. The summed E-state index contributed by atoms with van der Waals surface area (Å²) in [6, 6.07) is 23.6. The van der Waals surface area contributed by atoms with Crippen LogP contribution in [0.4, 0.5) is 11.4 Å². The molecule has 0 aliphatic carbocycles. The van der Waals surface area contributed by atoms with E-state index in [1.54, 1.807) is 17.8 Å². The van der Waals surface area contributed by atoms with E-state index in [-0.39, 0.29) is 18.9 Å². The van der Waals surface area contributed by atoms with E-state index in [9.17, 15) is 13.2 Å². The van der Waals surface area contributed by atoms with Crippen LogP contribution >= 0.6 is 11.8 Å². The van der Waals surface area contributed by atoms with Gasteiger partial charge in [0.25, 0.3) is 0 Å². The fraction of sp³-hybridized carbons (Fsp3) is 0.269. The second-order valence-electron chi connectivity index (χ2n) is 8.05. The fourth-order valence-corrected chi connectivity index (χ4v) is 5.17. The van der Waals surface area contributed by atoms with Crippen molar-refractivity contribution < 1.29 is 13.2 Å². The van der Waals surface area contributed by atoms with Gasteiger partial charge in [-0.25, -0.2) is 8.42 Å². The van der Waals surface area contributed by atoms with Crippen molar-refractivity contribution in [1.29, 1.82) is 0 Å². The Kier molecular flexibility index (Phi) is 8.58. The Balaban J connectivity index is 1.50. The molecule has 0 spiro atoms. The second kappa shape index (κ2) is 11.4. The summed E-state index contributed by atoms with van der Waals surface area (Å²) in [6.45, 7) is 4.20. The highest BCUT2D eigenvalue weighted by molar-refractivity contribution is 7.98. The number of sulfonamides is 1. The van der Waals surface area contributed by atoms with E-state index in [2.05, 4.69) is 17.4 Å². The van der Waals surface area contributed by atoms with E-state index >= 15 is 0 Å². The lowest BCUT2D eigenvalue weighted by atomic mass is 10.1. The number of anilines is 2. The Labute approximate surface area is 201 Å². The lowest BCUT2D eigenvalue weighted by Crippen LogP contribution is -2.31. The number of amides is 1. The molecule has 0 unspecified atom stereocenters. The van der Waals surface area contributed by atoms with Crippen LogP contribution in [0.1, 0.15) is 29.5 Å². The van der Waals surface area contributed by atoms with Gasteiger partial charge in [0.1, 0.15) is 0 Å². The molecular formula is C26H30N2O3S2. The molecule has 0 fully saturated rings. The zero-order chi connectivity index (χ0) is 23.8. The lowest BCUT2D eigenvalue weighted by Gasteiger charge is -2.23. The van der Waals surface area contributed by atoms with Crippen LogP contribution in [0.15, 0.2) is 77.7 Å². The van der Waals surface area contributed by atoms with Crippen molar-refractivity contribution in [2.75, 3.05) is 22.4 Å². The average Bonchev–Trinajstić information content (AvgIpc) is 2.78. The Morgan fingerprint density at radius 1 is 0.939 bits per heavy atom. The van der Waals surface area contributed by atoms with Crippen LogP contribution < -0.4 is 9.62 Å². The first-order valence-electron chi connectivity index (χ1n) is 10.8. The van der Waals surface area contributed by atoms with Gasteiger partial charge in [0.15, 0.2) is 0 Å². The lowest BCUT2D eigenvalue weighted by molar-refractivity contribution is -0.116. The maximum absolute atomic E-state index is 12.4. The van der Waals surface area contributed by atoms with E-state index < -0.39 is 10.0 Å². The molecule has 5 nitrogen and oxygen atoms in total. The molecule has 0 aliphatic rings. The maximum Gasteiger partial charge on any atom is 0.232 e. The normalized spacial score (nSPS) is 11.2. The molecule has 0 heterocycles. The Hall–Kier alpha value is -2.77. The summed E-state index contributed by atoms with van der Waals surface area (Å²) >= 11 is 1.77. The van der Waals surface area contributed by atoms with Gasteiger partial charge < -0.3 is 5.32 Å². The van der Waals surface area contributed by atoms with Crippen LogP contribution in [-0.4, -0.2) is 27.1 Å². The topological polar surface area (TPSA) is 66.5 Å². The third-order valence-corrected chi connectivity index (χ3v) is 7.61. The highest BCUT2D eigenvalue weighted by atomic mass is 32.2. The van der Waals surface area contributed by atoms with Crippen molar-refractivity contribution in [2.24, 2.45) is 0 Å². The molecule has 0 bridgehead atoms. The number of hydrogen-bond acceptors (Lipinski definition) is 4. The zero-order valence-electron chi connectivity index (χ0n) is 19.2. The van der Waals surface area contributed by atoms with Gasteiger partial charge in [-0.1, -0.05) is 36.4 Å². The van der Waals surface area contributed by atoms with E-state index in [0.29, 0.717) is 12.1 Å². The third kappa shape index (κ3) is 7.65. The molecule has 7 heteroatoms. The molecule has 0 aliphatic heterocycles. The monoisotopic (exact) mass is 482 g/mol. The summed E-state index contributed by atoms with van der Waals surface area (Å²) in [7, 11) is -3.44. The Morgan fingerprint density at radius 3 is 2.27 bits per heavy atom. The van der Waals surface area contributed by atoms with Gasteiger partial charge in [0.2, 0.25) is 15.9 Å². The van der Waals surface area contributed by atoms with Gasteiger partial charge in [-0.15, -0.1) is 11.8 Å². The number of thioether (sulfide) groups is 1. The molecule has 0 aromatic heterocycles. The summed E-state index contributed by atoms with van der Waals surface area (Å²) in [5, 5.41) is 2.90. The first kappa shape index (κ1) is 24.9. The van der Waals surface area contributed by atoms with Crippen LogP contribution in [0.5, 0.6) is 0 Å². The standard InChI is InChI=1S/C26H30N2O3S2/c1-20-11-16-24(18-21(20)2)28(33(3,30)31)17-7-10-26(29)27-23-14-12-22(13-15-23)19-32-25-8-5-4-6-9-25/h4-6,8-9,11-16,18H,7,10,17,19H2,1-3H3,(H,27,29). The SMILES string of the molecule is Cc1ccc(N(CCCC(=O)Nc2ccc(CSc3ccccc3)cc2)S(C)(=O)=O)cc1C. The molecule has 1 amide bonds. The van der Waals surface area contributed by atoms with Crippen LogP contribution in [0, 0.1) is 13.8 Å². The van der Waals surface area contributed by atoms with Gasteiger partial charge in [-0.3, -0.25) is 9.10 Å². The number of nitrogens with zero attached hydrogens (tertiary/aromatic N) is 1. The van der Waals surface area contributed by atoms with Crippen molar-refractivity contribution in [3.05, 3.63) is 89.5 Å². The molecule has 33 heavy (non-hydrogen) atoms. The highest BCUT2D eigenvalue weighted by Crippen LogP contribution is 2.24. The molecule has 1 N–H and O–H groups in total. The van der Waals surface area contributed by atoms with Gasteiger partial charge in [0.05, 0.1) is 11.9 Å². The van der Waals surface area contributed by atoms with Gasteiger partial charge >= 0.3 is 0 Å². The maximum atomic E-state index is 12.4. The van der Waals surface area contributed by atoms with E-state index in [0.717, 1.165) is 22.6 Å². The minimum atomic E-state index is -3.44. The average molecular weight is 483 g/mol. The highest BCUT2D eigenvalue weighted by Gasteiger charge is 2.18. The van der Waals surface area contributed by atoms with Crippen LogP contribution in [-0.2, 0) is 20.6 Å². The molecule has 0 atom stereocenters. The smallest absolute Gasteiger partial charge is 0.232 e. The Bertz CT molecular complexity index is 1180. The summed E-state index contributed by atoms with van der Waals surface area (Å²) < 4.78 is 26.0. The summed E-state index contributed by atoms with van der Waals surface area (Å²) in [5.74, 6) is 0.729. The van der Waals surface area contributed by atoms with Crippen LogP contribution in [0.3, 0.4) is 0 Å². The zero-order valence-corrected chi connectivity index (χ0v) is 20.9. The first-order chi connectivity index (χ1) is 15.7. The number of nitrogens with one attached hydrogen (secondary N) is 1. The molecular weight excluding hydrogens is 452 g/mol. The van der Waals surface area contributed by atoms with Gasteiger partial charge in [-0.2, -0.15) is 0 Å². The molecule has 3 aromatic rings. The van der Waals surface area contributed by atoms with E-state index in [1.165, 1.54) is 21.0 Å². The van der Waals surface area contributed by atoms with Gasteiger partial charge in [-0.05, 0) is 73.4 Å². The molecule has 174 valence electrons. The summed E-state index contributed by atoms with van der Waals surface area (Å²) in [6.07, 6.45) is 1.86. The quantitative estimate of drug-likeness (QED) is 0.372. The molecule has 0 saturated carbocycles. The third-order valence-electron chi connectivity index (χ3n) is 5.33. The molecule has 3 rings (SSSR count). The van der Waals surface area contributed by atoms with E-state index in [1.807, 2.05) is 68.4 Å². The van der Waals surface area contributed by atoms with Crippen molar-refractivity contribution in [3.63, 3.8) is 0 Å². The van der Waals surface area contributed by atoms with Crippen LogP contribution in [0.25, 0.3) is 0 Å². The predicted octanol–water partition coefficient (Wildman–Crippen LogP) is 5.78. The number of carbonyl (C=O) groups is 1. The Morgan fingerprint density at radius 2 is 1.64 bits per heavy atom. The number of hydrogen-bond donors (Lipinski definition) is 1. The summed E-state index contributed by atoms with van der Waals surface area (Å²) in [4.78, 5) is 13.6. The predicted molar refractivity (Wildman–Crippen MR) is 138 cm³/mol. The van der Waals surface area contributed by atoms with Crippen molar-refractivity contribution in [3.8, 4) is 0 Å². The number of carbonyl (C=O) groups excluding carboxylic acids is 1. The number of aryl methyl sites for hydroxylation is 2. The molecule has 0 radical (unpaired) electrons. The van der Waals surface area contributed by atoms with Gasteiger partial charge in [0, 0.05) is 29.3 Å². The van der Waals surface area contributed by atoms with Crippen molar-refractivity contribution >= 4 is 39.1 Å². The minimum absolute atomic E-state index is 0.130.